The lowest BCUT2D eigenvalue weighted by Gasteiger charge is -2.26. The summed E-state index contributed by atoms with van der Waals surface area (Å²) in [7, 11) is 0. The second kappa shape index (κ2) is 6.75. The predicted molar refractivity (Wildman–Crippen MR) is 96.6 cm³/mol. The van der Waals surface area contributed by atoms with Gasteiger partial charge in [0.05, 0.1) is 24.8 Å². The first-order valence-electron chi connectivity index (χ1n) is 7.77. The summed E-state index contributed by atoms with van der Waals surface area (Å²) in [4.78, 5) is 17.0. The lowest BCUT2D eigenvalue weighted by Crippen LogP contribution is -2.33. The van der Waals surface area contributed by atoms with Crippen molar-refractivity contribution in [1.82, 2.24) is 10.3 Å². The van der Waals surface area contributed by atoms with Crippen molar-refractivity contribution in [3.8, 4) is 16.3 Å². The Morgan fingerprint density at radius 2 is 2.21 bits per heavy atom. The number of para-hydroxylation sites is 1. The van der Waals surface area contributed by atoms with Gasteiger partial charge < -0.3 is 10.1 Å². The van der Waals surface area contributed by atoms with Gasteiger partial charge in [-0.15, -0.1) is 11.3 Å². The van der Waals surface area contributed by atoms with Crippen LogP contribution in [0.4, 0.5) is 0 Å². The Morgan fingerprint density at radius 3 is 3.08 bits per heavy atom. The number of thiophene rings is 1. The van der Waals surface area contributed by atoms with Gasteiger partial charge in [-0.05, 0) is 17.5 Å². The van der Waals surface area contributed by atoms with Gasteiger partial charge in [-0.1, -0.05) is 18.2 Å². The quantitative estimate of drug-likeness (QED) is 0.767. The smallest absolute Gasteiger partial charge is 0.226 e. The van der Waals surface area contributed by atoms with Gasteiger partial charge in [0.25, 0.3) is 0 Å². The Morgan fingerprint density at radius 1 is 1.29 bits per heavy atom. The summed E-state index contributed by atoms with van der Waals surface area (Å²) in [5, 5.41) is 10.2. The van der Waals surface area contributed by atoms with Crippen LogP contribution in [-0.2, 0) is 11.2 Å². The summed E-state index contributed by atoms with van der Waals surface area (Å²) in [6.45, 7) is 0.626. The largest absolute Gasteiger partial charge is 0.493 e. The standard InChI is InChI=1S/C18H16N2O2S2/c21-17(9-13-11-24-18(19-13)12-6-8-23-10-12)20-15-5-7-22-16-4-2-1-3-14(15)16/h1-4,6,8,10-11,15H,5,7,9H2,(H,20,21)/t15-/m1/s1. The molecule has 0 bridgehead atoms. The number of thiazole rings is 1. The molecule has 1 aliphatic heterocycles. The third kappa shape index (κ3) is 3.20. The fourth-order valence-electron chi connectivity index (χ4n) is 2.81. The highest BCUT2D eigenvalue weighted by atomic mass is 32.1. The van der Waals surface area contributed by atoms with Gasteiger partial charge in [0, 0.05) is 28.3 Å². The fraction of sp³-hybridized carbons (Fsp3) is 0.222. The summed E-state index contributed by atoms with van der Waals surface area (Å²) in [5.74, 6) is 0.862. The molecule has 4 nitrogen and oxygen atoms in total. The lowest BCUT2D eigenvalue weighted by molar-refractivity contribution is -0.121. The average Bonchev–Trinajstić information content (AvgIpc) is 3.26. The second-order valence-corrected chi connectivity index (χ2v) is 7.27. The van der Waals surface area contributed by atoms with Crippen LogP contribution in [0.1, 0.15) is 23.7 Å². The van der Waals surface area contributed by atoms with E-state index in [9.17, 15) is 4.79 Å². The topological polar surface area (TPSA) is 51.2 Å². The first-order valence-corrected chi connectivity index (χ1v) is 9.60. The zero-order chi connectivity index (χ0) is 16.4. The molecule has 3 aromatic rings. The van der Waals surface area contributed by atoms with Gasteiger partial charge >= 0.3 is 0 Å². The molecule has 122 valence electrons. The summed E-state index contributed by atoms with van der Waals surface area (Å²) < 4.78 is 5.64. The second-order valence-electron chi connectivity index (χ2n) is 5.63. The number of hydrogen-bond acceptors (Lipinski definition) is 5. The number of carbonyl (C=O) groups excluding carboxylic acids is 1. The van der Waals surface area contributed by atoms with E-state index < -0.39 is 0 Å². The van der Waals surface area contributed by atoms with Crippen LogP contribution in [0.25, 0.3) is 10.6 Å². The number of aromatic nitrogens is 1. The van der Waals surface area contributed by atoms with Crippen molar-refractivity contribution in [2.75, 3.05) is 6.61 Å². The zero-order valence-electron chi connectivity index (χ0n) is 12.9. The predicted octanol–water partition coefficient (Wildman–Crippen LogP) is 4.05. The van der Waals surface area contributed by atoms with Crippen molar-refractivity contribution in [3.63, 3.8) is 0 Å². The maximum atomic E-state index is 12.4. The molecule has 0 spiro atoms. The highest BCUT2D eigenvalue weighted by molar-refractivity contribution is 7.14. The molecule has 3 heterocycles. The number of rotatable bonds is 4. The Hall–Kier alpha value is -2.18. The molecule has 1 N–H and O–H groups in total. The van der Waals surface area contributed by atoms with Crippen molar-refractivity contribution in [1.29, 1.82) is 0 Å². The van der Waals surface area contributed by atoms with Crippen LogP contribution < -0.4 is 10.1 Å². The highest BCUT2D eigenvalue weighted by Gasteiger charge is 2.22. The summed E-state index contributed by atoms with van der Waals surface area (Å²) in [6, 6.07) is 9.94. The average molecular weight is 356 g/mol. The van der Waals surface area contributed by atoms with Crippen LogP contribution >= 0.6 is 22.7 Å². The minimum absolute atomic E-state index is 0.00104. The monoisotopic (exact) mass is 356 g/mol. The molecular weight excluding hydrogens is 340 g/mol. The molecule has 24 heavy (non-hydrogen) atoms. The van der Waals surface area contributed by atoms with Gasteiger partial charge in [0.2, 0.25) is 5.91 Å². The molecule has 0 fully saturated rings. The van der Waals surface area contributed by atoms with Gasteiger partial charge in [-0.3, -0.25) is 4.79 Å². The number of amides is 1. The van der Waals surface area contributed by atoms with E-state index in [2.05, 4.69) is 15.7 Å². The molecule has 0 aliphatic carbocycles. The van der Waals surface area contributed by atoms with Gasteiger partial charge in [-0.25, -0.2) is 4.98 Å². The number of nitrogens with zero attached hydrogens (tertiary/aromatic N) is 1. The number of ether oxygens (including phenoxy) is 1. The zero-order valence-corrected chi connectivity index (χ0v) is 14.5. The van der Waals surface area contributed by atoms with Gasteiger partial charge in [0.15, 0.2) is 0 Å². The molecule has 1 aromatic carbocycles. The highest BCUT2D eigenvalue weighted by Crippen LogP contribution is 2.31. The summed E-state index contributed by atoms with van der Waals surface area (Å²) in [6.07, 6.45) is 1.10. The number of nitrogens with one attached hydrogen (secondary N) is 1. The van der Waals surface area contributed by atoms with Crippen LogP contribution in [0, 0.1) is 0 Å². The Labute approximate surface area is 148 Å². The maximum absolute atomic E-state index is 12.4. The number of carbonyl (C=O) groups is 1. The van der Waals surface area contributed by atoms with Crippen LogP contribution in [0.15, 0.2) is 46.5 Å². The first kappa shape index (κ1) is 15.4. The Kier molecular flexibility index (Phi) is 4.32. The van der Waals surface area contributed by atoms with Gasteiger partial charge in [0.1, 0.15) is 10.8 Å². The van der Waals surface area contributed by atoms with Crippen molar-refractivity contribution in [2.24, 2.45) is 0 Å². The molecule has 0 saturated heterocycles. The van der Waals surface area contributed by atoms with E-state index in [1.807, 2.05) is 41.1 Å². The normalized spacial score (nSPS) is 16.2. The molecule has 1 aliphatic rings. The first-order chi connectivity index (χ1) is 11.8. The number of benzene rings is 1. The van der Waals surface area contributed by atoms with Crippen LogP contribution in [0.3, 0.4) is 0 Å². The molecule has 6 heteroatoms. The van der Waals surface area contributed by atoms with E-state index in [-0.39, 0.29) is 11.9 Å². The molecule has 0 unspecified atom stereocenters. The minimum atomic E-state index is -0.00104. The molecule has 1 atom stereocenters. The van der Waals surface area contributed by atoms with E-state index >= 15 is 0 Å². The van der Waals surface area contributed by atoms with E-state index in [1.165, 1.54) is 0 Å². The fourth-order valence-corrected chi connectivity index (χ4v) is 4.34. The van der Waals surface area contributed by atoms with Crippen molar-refractivity contribution < 1.29 is 9.53 Å². The molecule has 1 amide bonds. The number of hydrogen-bond donors (Lipinski definition) is 1. The van der Waals surface area contributed by atoms with E-state index in [0.717, 1.165) is 34.0 Å². The number of fused-ring (bicyclic) bond motifs is 1. The SMILES string of the molecule is O=C(Cc1csc(-c2ccsc2)n1)N[C@@H]1CCOc2ccccc21. The van der Waals surface area contributed by atoms with E-state index in [0.29, 0.717) is 13.0 Å². The molecular formula is C18H16N2O2S2. The lowest BCUT2D eigenvalue weighted by atomic mass is 10.0. The van der Waals surface area contributed by atoms with Gasteiger partial charge in [-0.2, -0.15) is 11.3 Å². The third-order valence-electron chi connectivity index (χ3n) is 3.96. The van der Waals surface area contributed by atoms with Crippen molar-refractivity contribution in [2.45, 2.75) is 18.9 Å². The van der Waals surface area contributed by atoms with E-state index in [1.54, 1.807) is 22.7 Å². The molecule has 0 saturated carbocycles. The van der Waals surface area contributed by atoms with Crippen LogP contribution in [-0.4, -0.2) is 17.5 Å². The molecule has 2 aromatic heterocycles. The van der Waals surface area contributed by atoms with Crippen molar-refractivity contribution in [3.05, 3.63) is 57.7 Å². The third-order valence-corrected chi connectivity index (χ3v) is 5.58. The Balaban J connectivity index is 1.43. The Bertz CT molecular complexity index is 842. The van der Waals surface area contributed by atoms with Crippen molar-refractivity contribution >= 4 is 28.6 Å². The molecule has 0 radical (unpaired) electrons. The minimum Gasteiger partial charge on any atom is -0.493 e. The molecule has 4 rings (SSSR count). The summed E-state index contributed by atoms with van der Waals surface area (Å²) >= 11 is 3.23. The summed E-state index contributed by atoms with van der Waals surface area (Å²) in [5.41, 5.74) is 2.99. The van der Waals surface area contributed by atoms with Crippen LogP contribution in [0.2, 0.25) is 0 Å². The van der Waals surface area contributed by atoms with E-state index in [4.69, 9.17) is 4.74 Å². The maximum Gasteiger partial charge on any atom is 0.226 e. The van der Waals surface area contributed by atoms with Crippen LogP contribution in [0.5, 0.6) is 5.75 Å².